The van der Waals surface area contributed by atoms with Gasteiger partial charge in [-0.15, -0.1) is 11.6 Å². The van der Waals surface area contributed by atoms with Gasteiger partial charge in [0.1, 0.15) is 0 Å². The Labute approximate surface area is 109 Å². The van der Waals surface area contributed by atoms with E-state index in [0.29, 0.717) is 0 Å². The van der Waals surface area contributed by atoms with Crippen LogP contribution < -0.4 is 9.47 Å². The van der Waals surface area contributed by atoms with Gasteiger partial charge in [0.15, 0.2) is 11.5 Å². The van der Waals surface area contributed by atoms with E-state index in [2.05, 4.69) is 13.8 Å². The maximum Gasteiger partial charge on any atom is 0.161 e. The van der Waals surface area contributed by atoms with Crippen LogP contribution in [0, 0.1) is 6.92 Å². The number of unbranched alkanes of at least 4 members (excludes halogenated alkanes) is 1. The highest BCUT2D eigenvalue weighted by atomic mass is 35.5. The molecule has 1 atom stereocenters. The van der Waals surface area contributed by atoms with Crippen molar-refractivity contribution in [2.75, 3.05) is 14.2 Å². The Kier molecular flexibility index (Phi) is 5.63. The molecule has 1 aromatic carbocycles. The monoisotopic (exact) mass is 256 g/mol. The fourth-order valence-corrected chi connectivity index (χ4v) is 2.26. The zero-order valence-electron chi connectivity index (χ0n) is 11.0. The average Bonchev–Trinajstić information content (AvgIpc) is 2.35. The van der Waals surface area contributed by atoms with Gasteiger partial charge in [-0.2, -0.15) is 0 Å². The number of rotatable bonds is 6. The third-order valence-corrected chi connectivity index (χ3v) is 3.37. The molecule has 0 amide bonds. The van der Waals surface area contributed by atoms with Crippen molar-refractivity contribution < 1.29 is 9.47 Å². The molecule has 0 spiro atoms. The lowest BCUT2D eigenvalue weighted by molar-refractivity contribution is 0.354. The molecule has 0 radical (unpaired) electrons. The lowest BCUT2D eigenvalue weighted by atomic mass is 10.0. The van der Waals surface area contributed by atoms with Gasteiger partial charge in [0.2, 0.25) is 0 Å². The number of halogens is 1. The van der Waals surface area contributed by atoms with E-state index in [4.69, 9.17) is 21.1 Å². The Morgan fingerprint density at radius 3 is 2.29 bits per heavy atom. The normalized spacial score (nSPS) is 12.3. The summed E-state index contributed by atoms with van der Waals surface area (Å²) < 4.78 is 10.6. The number of hydrogen-bond acceptors (Lipinski definition) is 2. The molecule has 0 bridgehead atoms. The van der Waals surface area contributed by atoms with Crippen LogP contribution in [0.1, 0.15) is 42.7 Å². The molecule has 96 valence electrons. The van der Waals surface area contributed by atoms with Crippen LogP contribution in [-0.4, -0.2) is 14.2 Å². The van der Waals surface area contributed by atoms with Crippen LogP contribution in [0.5, 0.6) is 11.5 Å². The van der Waals surface area contributed by atoms with E-state index in [9.17, 15) is 0 Å². The number of benzene rings is 1. The van der Waals surface area contributed by atoms with Gasteiger partial charge in [-0.1, -0.05) is 19.8 Å². The maximum absolute atomic E-state index is 6.42. The van der Waals surface area contributed by atoms with Gasteiger partial charge in [0.25, 0.3) is 0 Å². The van der Waals surface area contributed by atoms with Gasteiger partial charge in [-0.05, 0) is 36.6 Å². The van der Waals surface area contributed by atoms with Gasteiger partial charge >= 0.3 is 0 Å². The zero-order valence-corrected chi connectivity index (χ0v) is 11.8. The highest BCUT2D eigenvalue weighted by Crippen LogP contribution is 2.36. The summed E-state index contributed by atoms with van der Waals surface area (Å²) in [4.78, 5) is 0. The molecule has 0 aliphatic rings. The number of aryl methyl sites for hydroxylation is 1. The van der Waals surface area contributed by atoms with Crippen molar-refractivity contribution in [3.8, 4) is 11.5 Å². The summed E-state index contributed by atoms with van der Waals surface area (Å²) in [5, 5.41) is 0.0507. The van der Waals surface area contributed by atoms with Crippen molar-refractivity contribution in [3.63, 3.8) is 0 Å². The average molecular weight is 257 g/mol. The highest BCUT2D eigenvalue weighted by molar-refractivity contribution is 6.20. The predicted octanol–water partition coefficient (Wildman–Crippen LogP) is 4.48. The number of ether oxygens (including phenoxy) is 2. The molecular formula is C14H21ClO2. The molecular weight excluding hydrogens is 236 g/mol. The molecule has 0 saturated carbocycles. The topological polar surface area (TPSA) is 18.5 Å². The quantitative estimate of drug-likeness (QED) is 0.699. The van der Waals surface area contributed by atoms with Crippen LogP contribution in [-0.2, 0) is 0 Å². The van der Waals surface area contributed by atoms with Gasteiger partial charge in [-0.3, -0.25) is 0 Å². The van der Waals surface area contributed by atoms with Crippen LogP contribution in [0.3, 0.4) is 0 Å². The van der Waals surface area contributed by atoms with Gasteiger partial charge in [0, 0.05) is 0 Å². The third kappa shape index (κ3) is 3.53. The van der Waals surface area contributed by atoms with Crippen molar-refractivity contribution in [2.45, 2.75) is 38.5 Å². The summed E-state index contributed by atoms with van der Waals surface area (Å²) in [6.07, 6.45) is 3.30. The Balaban J connectivity index is 2.99. The molecule has 0 saturated heterocycles. The first-order valence-corrected chi connectivity index (χ1v) is 6.44. The van der Waals surface area contributed by atoms with Crippen molar-refractivity contribution in [3.05, 3.63) is 23.3 Å². The van der Waals surface area contributed by atoms with E-state index in [1.165, 1.54) is 0 Å². The Morgan fingerprint density at radius 2 is 1.76 bits per heavy atom. The van der Waals surface area contributed by atoms with Gasteiger partial charge in [0.05, 0.1) is 19.6 Å². The summed E-state index contributed by atoms with van der Waals surface area (Å²) in [5.74, 6) is 1.50. The van der Waals surface area contributed by atoms with Crippen LogP contribution in [0.4, 0.5) is 0 Å². The van der Waals surface area contributed by atoms with Gasteiger partial charge in [-0.25, -0.2) is 0 Å². The van der Waals surface area contributed by atoms with E-state index < -0.39 is 0 Å². The van der Waals surface area contributed by atoms with E-state index in [1.54, 1.807) is 14.2 Å². The third-order valence-electron chi connectivity index (χ3n) is 2.92. The summed E-state index contributed by atoms with van der Waals surface area (Å²) in [5.41, 5.74) is 2.29. The standard InChI is InChI=1S/C14H21ClO2/c1-5-6-7-12(15)11-9-14(17-4)13(16-3)8-10(11)2/h8-9,12H,5-7H2,1-4H3. The molecule has 0 aromatic heterocycles. The van der Waals surface area contributed by atoms with Crippen LogP contribution in [0.2, 0.25) is 0 Å². The van der Waals surface area contributed by atoms with E-state index >= 15 is 0 Å². The smallest absolute Gasteiger partial charge is 0.161 e. The van der Waals surface area contributed by atoms with Crippen molar-refractivity contribution in [1.29, 1.82) is 0 Å². The van der Waals surface area contributed by atoms with Crippen molar-refractivity contribution >= 4 is 11.6 Å². The predicted molar refractivity (Wildman–Crippen MR) is 72.4 cm³/mol. The zero-order chi connectivity index (χ0) is 12.8. The fraction of sp³-hybridized carbons (Fsp3) is 0.571. The summed E-state index contributed by atoms with van der Waals surface area (Å²) in [6.45, 7) is 4.23. The number of hydrogen-bond donors (Lipinski definition) is 0. The SMILES string of the molecule is CCCCC(Cl)c1cc(OC)c(OC)cc1C. The Morgan fingerprint density at radius 1 is 1.18 bits per heavy atom. The second-order valence-corrected chi connectivity index (χ2v) is 4.70. The minimum atomic E-state index is 0.0507. The molecule has 2 nitrogen and oxygen atoms in total. The number of methoxy groups -OCH3 is 2. The van der Waals surface area contributed by atoms with Crippen molar-refractivity contribution in [1.82, 2.24) is 0 Å². The molecule has 0 heterocycles. The summed E-state index contributed by atoms with van der Waals surface area (Å²) >= 11 is 6.42. The molecule has 17 heavy (non-hydrogen) atoms. The first-order valence-electron chi connectivity index (χ1n) is 6.00. The minimum absolute atomic E-state index is 0.0507. The first-order chi connectivity index (χ1) is 8.13. The first kappa shape index (κ1) is 14.2. The summed E-state index contributed by atoms with van der Waals surface area (Å²) in [6, 6.07) is 3.97. The van der Waals surface area contributed by atoms with Crippen LogP contribution in [0.25, 0.3) is 0 Å². The molecule has 1 rings (SSSR count). The van der Waals surface area contributed by atoms with Crippen molar-refractivity contribution in [2.24, 2.45) is 0 Å². The molecule has 3 heteroatoms. The molecule has 0 aliphatic heterocycles. The second kappa shape index (κ2) is 6.75. The Hall–Kier alpha value is -0.890. The minimum Gasteiger partial charge on any atom is -0.493 e. The van der Waals surface area contributed by atoms with Crippen LogP contribution in [0.15, 0.2) is 12.1 Å². The van der Waals surface area contributed by atoms with Gasteiger partial charge < -0.3 is 9.47 Å². The lowest BCUT2D eigenvalue weighted by Crippen LogP contribution is -1.98. The molecule has 0 N–H and O–H groups in total. The second-order valence-electron chi connectivity index (χ2n) is 4.17. The molecule has 0 aliphatic carbocycles. The molecule has 1 unspecified atom stereocenters. The fourth-order valence-electron chi connectivity index (χ4n) is 1.87. The highest BCUT2D eigenvalue weighted by Gasteiger charge is 2.14. The van der Waals surface area contributed by atoms with Crippen LogP contribution >= 0.6 is 11.6 Å². The summed E-state index contributed by atoms with van der Waals surface area (Å²) in [7, 11) is 3.29. The lowest BCUT2D eigenvalue weighted by Gasteiger charge is -2.16. The Bertz CT molecular complexity index is 363. The molecule has 0 fully saturated rings. The van der Waals surface area contributed by atoms with E-state index in [0.717, 1.165) is 41.9 Å². The molecule has 1 aromatic rings. The maximum atomic E-state index is 6.42. The number of alkyl halides is 1. The van der Waals surface area contributed by atoms with E-state index in [-0.39, 0.29) is 5.38 Å². The van der Waals surface area contributed by atoms with E-state index in [1.807, 2.05) is 12.1 Å². The largest absolute Gasteiger partial charge is 0.493 e.